The Morgan fingerprint density at radius 1 is 1.20 bits per heavy atom. The normalized spacial score (nSPS) is 13.0. The molecule has 0 fully saturated rings. The van der Waals surface area contributed by atoms with Crippen LogP contribution < -0.4 is 4.72 Å². The van der Waals surface area contributed by atoms with Crippen LogP contribution >= 0.6 is 0 Å². The molecule has 1 unspecified atom stereocenters. The van der Waals surface area contributed by atoms with Crippen molar-refractivity contribution in [3.8, 4) is 5.75 Å². The monoisotopic (exact) mass is 447 g/mol. The first kappa shape index (κ1) is 23.5. The van der Waals surface area contributed by atoms with E-state index in [1.54, 1.807) is 0 Å². The van der Waals surface area contributed by atoms with Crippen LogP contribution in [-0.4, -0.2) is 37.8 Å². The second-order valence-corrected chi connectivity index (χ2v) is 8.22. The van der Waals surface area contributed by atoms with Crippen molar-refractivity contribution in [1.29, 1.82) is 0 Å². The topological polar surface area (TPSA) is 113 Å². The Morgan fingerprint density at radius 2 is 1.87 bits per heavy atom. The summed E-state index contributed by atoms with van der Waals surface area (Å²) in [4.78, 5) is 11.3. The summed E-state index contributed by atoms with van der Waals surface area (Å²) in [6.07, 6.45) is -5.32. The van der Waals surface area contributed by atoms with E-state index in [-0.39, 0.29) is 29.7 Å². The first-order chi connectivity index (χ1) is 13.8. The van der Waals surface area contributed by atoms with Crippen molar-refractivity contribution in [2.24, 2.45) is 0 Å². The number of aliphatic hydroxyl groups excluding tert-OH is 1. The van der Waals surface area contributed by atoms with Crippen molar-refractivity contribution in [3.05, 3.63) is 53.1 Å². The Morgan fingerprint density at radius 3 is 2.43 bits per heavy atom. The van der Waals surface area contributed by atoms with Crippen LogP contribution in [0.3, 0.4) is 0 Å². The first-order valence-electron chi connectivity index (χ1n) is 8.67. The fraction of sp³-hybridized carbons (Fsp3) is 0.316. The number of alkyl halides is 3. The third-order valence-corrected chi connectivity index (χ3v) is 5.56. The second-order valence-electron chi connectivity index (χ2n) is 6.53. The molecular formula is C19H20F3NO6S. The third kappa shape index (κ3) is 5.63. The van der Waals surface area contributed by atoms with Crippen molar-refractivity contribution >= 4 is 21.7 Å². The minimum absolute atomic E-state index is 0.0115. The molecule has 0 heterocycles. The largest absolute Gasteiger partial charge is 0.507 e. The van der Waals surface area contributed by atoms with Gasteiger partial charge in [0.1, 0.15) is 11.3 Å². The van der Waals surface area contributed by atoms with Crippen molar-refractivity contribution in [3.63, 3.8) is 0 Å². The van der Waals surface area contributed by atoms with Crippen molar-refractivity contribution in [2.45, 2.75) is 36.9 Å². The molecule has 0 amide bonds. The number of aryl methyl sites for hydroxylation is 1. The van der Waals surface area contributed by atoms with Gasteiger partial charge in [-0.25, -0.2) is 13.2 Å². The van der Waals surface area contributed by atoms with Gasteiger partial charge in [0, 0.05) is 0 Å². The van der Waals surface area contributed by atoms with Crippen LogP contribution in [0.1, 0.15) is 34.8 Å². The molecule has 0 aliphatic heterocycles. The highest BCUT2D eigenvalue weighted by Gasteiger charge is 2.31. The molecule has 1 atom stereocenters. The molecule has 2 rings (SSSR count). The lowest BCUT2D eigenvalue weighted by molar-refractivity contribution is -0.137. The maximum Gasteiger partial charge on any atom is 0.416 e. The molecule has 30 heavy (non-hydrogen) atoms. The van der Waals surface area contributed by atoms with Crippen molar-refractivity contribution in [2.75, 3.05) is 11.8 Å². The van der Waals surface area contributed by atoms with Gasteiger partial charge in [-0.1, -0.05) is 0 Å². The number of nitrogens with one attached hydrogen (secondary N) is 1. The molecule has 0 aromatic heterocycles. The van der Waals surface area contributed by atoms with Gasteiger partial charge in [0.2, 0.25) is 0 Å². The second kappa shape index (κ2) is 8.92. The van der Waals surface area contributed by atoms with Gasteiger partial charge in [-0.15, -0.1) is 0 Å². The summed E-state index contributed by atoms with van der Waals surface area (Å²) in [7, 11) is -3.26. The van der Waals surface area contributed by atoms with Gasteiger partial charge in [0.25, 0.3) is 10.0 Å². The maximum absolute atomic E-state index is 13.0. The van der Waals surface area contributed by atoms with Gasteiger partial charge in [0.15, 0.2) is 0 Å². The number of hydrogen-bond acceptors (Lipinski definition) is 6. The molecular weight excluding hydrogens is 427 g/mol. The number of ether oxygens (including phenoxy) is 1. The SMILES string of the molecule is COC(=O)c1cc(S(=O)(=O)Nc2ccc(C(F)(F)F)cc2CCC(C)O)ccc1O. The molecule has 164 valence electrons. The van der Waals surface area contributed by atoms with Crippen LogP contribution in [0.15, 0.2) is 41.3 Å². The molecule has 2 aromatic carbocycles. The Hall–Kier alpha value is -2.79. The minimum atomic E-state index is -4.62. The van der Waals surface area contributed by atoms with E-state index in [0.29, 0.717) is 0 Å². The summed E-state index contributed by atoms with van der Waals surface area (Å²) < 4.78 is 71.3. The van der Waals surface area contributed by atoms with E-state index >= 15 is 0 Å². The zero-order valence-electron chi connectivity index (χ0n) is 16.0. The summed E-state index contributed by atoms with van der Waals surface area (Å²) in [5.74, 6) is -1.45. The number of anilines is 1. The molecule has 11 heteroatoms. The van der Waals surface area contributed by atoms with Crippen LogP contribution in [0.25, 0.3) is 0 Å². The number of benzene rings is 2. The lowest BCUT2D eigenvalue weighted by Crippen LogP contribution is -2.16. The predicted molar refractivity (Wildman–Crippen MR) is 102 cm³/mol. The quantitative estimate of drug-likeness (QED) is 0.562. The molecule has 0 radical (unpaired) electrons. The highest BCUT2D eigenvalue weighted by Crippen LogP contribution is 2.33. The smallest absolute Gasteiger partial charge is 0.416 e. The number of carbonyl (C=O) groups excluding carboxylic acids is 1. The molecule has 0 aliphatic carbocycles. The molecule has 0 saturated heterocycles. The van der Waals surface area contributed by atoms with E-state index in [9.17, 15) is 36.6 Å². The fourth-order valence-electron chi connectivity index (χ4n) is 2.60. The Balaban J connectivity index is 2.45. The van der Waals surface area contributed by atoms with Crippen LogP contribution in [-0.2, 0) is 27.4 Å². The van der Waals surface area contributed by atoms with Gasteiger partial charge < -0.3 is 14.9 Å². The number of hydrogen-bond donors (Lipinski definition) is 3. The average molecular weight is 447 g/mol. The molecule has 0 saturated carbocycles. The van der Waals surface area contributed by atoms with E-state index in [0.717, 1.165) is 43.5 Å². The summed E-state index contributed by atoms with van der Waals surface area (Å²) >= 11 is 0. The lowest BCUT2D eigenvalue weighted by atomic mass is 10.0. The zero-order chi connectivity index (χ0) is 22.7. The number of phenols is 1. The zero-order valence-corrected chi connectivity index (χ0v) is 16.8. The van der Waals surface area contributed by atoms with Crippen molar-refractivity contribution < 1.29 is 41.3 Å². The lowest BCUT2D eigenvalue weighted by Gasteiger charge is -2.16. The molecule has 7 nitrogen and oxygen atoms in total. The molecule has 0 bridgehead atoms. The Kier molecular flexibility index (Phi) is 6.99. The summed E-state index contributed by atoms with van der Waals surface area (Å²) in [5, 5.41) is 19.2. The van der Waals surface area contributed by atoms with Crippen molar-refractivity contribution in [1.82, 2.24) is 0 Å². The van der Waals surface area contributed by atoms with Gasteiger partial charge in [-0.3, -0.25) is 4.72 Å². The van der Waals surface area contributed by atoms with Crippen LogP contribution in [0.5, 0.6) is 5.75 Å². The summed E-state index contributed by atoms with van der Waals surface area (Å²) in [5.41, 5.74) is -1.40. The van der Waals surface area contributed by atoms with E-state index in [2.05, 4.69) is 9.46 Å². The fourth-order valence-corrected chi connectivity index (χ4v) is 3.73. The predicted octanol–water partition coefficient (Wildman–Crippen LogP) is 3.31. The number of methoxy groups -OCH3 is 1. The number of phenolic OH excluding ortho intramolecular Hbond substituents is 1. The average Bonchev–Trinajstić information content (AvgIpc) is 2.65. The van der Waals surface area contributed by atoms with E-state index in [1.165, 1.54) is 6.92 Å². The number of aromatic hydroxyl groups is 1. The van der Waals surface area contributed by atoms with E-state index in [4.69, 9.17) is 0 Å². The third-order valence-electron chi connectivity index (χ3n) is 4.19. The number of rotatable bonds is 7. The summed E-state index contributed by atoms with van der Waals surface area (Å²) in [6.45, 7) is 1.46. The molecule has 0 spiro atoms. The van der Waals surface area contributed by atoms with Crippen LogP contribution in [0, 0.1) is 0 Å². The number of sulfonamides is 1. The molecule has 3 N–H and O–H groups in total. The highest BCUT2D eigenvalue weighted by atomic mass is 32.2. The Labute approximate surface area is 171 Å². The number of halogens is 3. The molecule has 2 aromatic rings. The van der Waals surface area contributed by atoms with Gasteiger partial charge >= 0.3 is 12.1 Å². The maximum atomic E-state index is 13.0. The highest BCUT2D eigenvalue weighted by molar-refractivity contribution is 7.92. The van der Waals surface area contributed by atoms with Crippen LogP contribution in [0.4, 0.5) is 18.9 Å². The minimum Gasteiger partial charge on any atom is -0.507 e. The van der Waals surface area contributed by atoms with Gasteiger partial charge in [-0.2, -0.15) is 13.2 Å². The Bertz CT molecular complexity index is 1040. The van der Waals surface area contributed by atoms with Gasteiger partial charge in [0.05, 0.1) is 29.4 Å². The van der Waals surface area contributed by atoms with E-state index < -0.39 is 44.5 Å². The van der Waals surface area contributed by atoms with Gasteiger partial charge in [-0.05, 0) is 61.7 Å². The summed E-state index contributed by atoms with van der Waals surface area (Å²) in [6, 6.07) is 5.45. The first-order valence-corrected chi connectivity index (χ1v) is 10.2. The molecule has 0 aliphatic rings. The van der Waals surface area contributed by atoms with Crippen LogP contribution in [0.2, 0.25) is 0 Å². The van der Waals surface area contributed by atoms with E-state index in [1.807, 2.05) is 0 Å². The number of carbonyl (C=O) groups is 1. The number of aliphatic hydroxyl groups is 1. The number of esters is 1. The standard InChI is InChI=1S/C19H20F3NO6S/c1-11(24)3-4-12-9-13(19(20,21)22)5-7-16(12)23-30(27,28)14-6-8-17(25)15(10-14)18(26)29-2/h5-11,23-25H,3-4H2,1-2H3.